The van der Waals surface area contributed by atoms with E-state index in [-0.39, 0.29) is 0 Å². The molecule has 0 saturated carbocycles. The summed E-state index contributed by atoms with van der Waals surface area (Å²) < 4.78 is 2.06. The predicted molar refractivity (Wildman–Crippen MR) is 82.6 cm³/mol. The summed E-state index contributed by atoms with van der Waals surface area (Å²) in [7, 11) is 2.00. The minimum absolute atomic E-state index is 0.639. The average Bonchev–Trinajstić information content (AvgIpc) is 2.84. The fourth-order valence-electron chi connectivity index (χ4n) is 2.27. The second-order valence-corrected chi connectivity index (χ2v) is 5.42. The molecule has 0 aliphatic carbocycles. The Bertz CT molecular complexity index is 810. The number of aryl methyl sites for hydroxylation is 1. The van der Waals surface area contributed by atoms with Crippen LogP contribution in [0.2, 0.25) is 0 Å². The van der Waals surface area contributed by atoms with Crippen molar-refractivity contribution >= 4 is 22.8 Å². The predicted octanol–water partition coefficient (Wildman–Crippen LogP) is 3.83. The molecular weight excluding hydrogens is 266 g/mol. The van der Waals surface area contributed by atoms with Gasteiger partial charge in [0.25, 0.3) is 0 Å². The maximum atomic E-state index is 8.96. The Hall–Kier alpha value is -2.25. The van der Waals surface area contributed by atoms with Crippen LogP contribution in [0.15, 0.2) is 47.4 Å². The lowest BCUT2D eigenvalue weighted by Gasteiger charge is -2.03. The molecule has 3 aromatic rings. The van der Waals surface area contributed by atoms with Gasteiger partial charge >= 0.3 is 0 Å². The van der Waals surface area contributed by atoms with E-state index in [1.807, 2.05) is 25.2 Å². The fourth-order valence-corrected chi connectivity index (χ4v) is 2.68. The zero-order valence-electron chi connectivity index (χ0n) is 11.3. The van der Waals surface area contributed by atoms with Gasteiger partial charge in [-0.15, -0.1) is 11.8 Å². The molecule has 0 bridgehead atoms. The fraction of sp³-hybridized carbons (Fsp3) is 0.125. The van der Waals surface area contributed by atoms with Crippen LogP contribution in [-0.2, 0) is 7.05 Å². The van der Waals surface area contributed by atoms with E-state index in [2.05, 4.69) is 46.1 Å². The molecule has 0 N–H and O–H groups in total. The number of aromatic nitrogens is 2. The molecule has 0 radical (unpaired) electrons. The summed E-state index contributed by atoms with van der Waals surface area (Å²) >= 11 is 1.72. The van der Waals surface area contributed by atoms with Crippen LogP contribution in [0.4, 0.5) is 0 Å². The molecular formula is C16H13N3S. The first-order valence-electron chi connectivity index (χ1n) is 6.24. The number of benzene rings is 2. The number of thioether (sulfide) groups is 1. The summed E-state index contributed by atoms with van der Waals surface area (Å²) in [5.74, 6) is 0.919. The van der Waals surface area contributed by atoms with Gasteiger partial charge in [-0.25, -0.2) is 4.98 Å². The lowest BCUT2D eigenvalue weighted by atomic mass is 10.2. The van der Waals surface area contributed by atoms with E-state index in [4.69, 9.17) is 5.26 Å². The summed E-state index contributed by atoms with van der Waals surface area (Å²) in [6, 6.07) is 16.1. The van der Waals surface area contributed by atoms with E-state index >= 15 is 0 Å². The molecule has 4 heteroatoms. The lowest BCUT2D eigenvalue weighted by Crippen LogP contribution is -1.92. The zero-order chi connectivity index (χ0) is 14.1. The van der Waals surface area contributed by atoms with Crippen LogP contribution in [0, 0.1) is 11.3 Å². The van der Waals surface area contributed by atoms with Crippen LogP contribution >= 0.6 is 11.8 Å². The monoisotopic (exact) mass is 279 g/mol. The van der Waals surface area contributed by atoms with Crippen LogP contribution < -0.4 is 0 Å². The van der Waals surface area contributed by atoms with Crippen LogP contribution in [0.3, 0.4) is 0 Å². The Morgan fingerprint density at radius 1 is 1.15 bits per heavy atom. The Morgan fingerprint density at radius 3 is 2.55 bits per heavy atom. The van der Waals surface area contributed by atoms with Gasteiger partial charge in [-0.3, -0.25) is 0 Å². The van der Waals surface area contributed by atoms with Crippen molar-refractivity contribution in [1.29, 1.82) is 5.26 Å². The van der Waals surface area contributed by atoms with Gasteiger partial charge in [-0.2, -0.15) is 5.26 Å². The Labute approximate surface area is 121 Å². The molecule has 0 spiro atoms. The number of hydrogen-bond acceptors (Lipinski definition) is 3. The summed E-state index contributed by atoms with van der Waals surface area (Å²) in [5.41, 5.74) is 3.61. The Morgan fingerprint density at radius 2 is 1.90 bits per heavy atom. The topological polar surface area (TPSA) is 41.6 Å². The van der Waals surface area contributed by atoms with E-state index in [9.17, 15) is 0 Å². The van der Waals surface area contributed by atoms with Crippen LogP contribution in [0.5, 0.6) is 0 Å². The molecule has 20 heavy (non-hydrogen) atoms. The number of nitrogens with zero attached hydrogens (tertiary/aromatic N) is 3. The molecule has 0 aliphatic heterocycles. The molecule has 3 nitrogen and oxygen atoms in total. The lowest BCUT2D eigenvalue weighted by molar-refractivity contribution is 0.959. The van der Waals surface area contributed by atoms with Gasteiger partial charge in [-0.05, 0) is 36.6 Å². The van der Waals surface area contributed by atoms with Gasteiger partial charge in [0.05, 0.1) is 22.7 Å². The standard InChI is InChI=1S/C16H13N3S/c1-19-15-8-3-11(10-17)9-14(15)18-16(19)12-4-6-13(20-2)7-5-12/h3-9H,1-2H3. The van der Waals surface area contributed by atoms with Gasteiger partial charge in [0.1, 0.15) is 5.82 Å². The summed E-state index contributed by atoms with van der Waals surface area (Å²) in [6.07, 6.45) is 2.06. The van der Waals surface area contributed by atoms with E-state index in [0.717, 1.165) is 22.4 Å². The van der Waals surface area contributed by atoms with Crippen molar-refractivity contribution in [2.75, 3.05) is 6.26 Å². The normalized spacial score (nSPS) is 10.7. The first-order valence-corrected chi connectivity index (χ1v) is 7.46. The number of rotatable bonds is 2. The smallest absolute Gasteiger partial charge is 0.140 e. The van der Waals surface area contributed by atoms with Gasteiger partial charge in [0.2, 0.25) is 0 Å². The maximum absolute atomic E-state index is 8.96. The Balaban J connectivity index is 2.15. The minimum Gasteiger partial charge on any atom is -0.327 e. The van der Waals surface area contributed by atoms with Gasteiger partial charge in [0.15, 0.2) is 0 Å². The number of fused-ring (bicyclic) bond motifs is 1. The highest BCUT2D eigenvalue weighted by Crippen LogP contribution is 2.26. The van der Waals surface area contributed by atoms with Crippen molar-refractivity contribution in [3.8, 4) is 17.5 Å². The third-order valence-corrected chi connectivity index (χ3v) is 4.10. The molecule has 1 heterocycles. The number of hydrogen-bond donors (Lipinski definition) is 0. The second-order valence-electron chi connectivity index (χ2n) is 4.54. The Kier molecular flexibility index (Phi) is 3.21. The van der Waals surface area contributed by atoms with Crippen molar-refractivity contribution in [3.63, 3.8) is 0 Å². The van der Waals surface area contributed by atoms with E-state index < -0.39 is 0 Å². The van der Waals surface area contributed by atoms with Crippen molar-refractivity contribution in [2.45, 2.75) is 4.90 Å². The third-order valence-electron chi connectivity index (χ3n) is 3.36. The minimum atomic E-state index is 0.639. The first kappa shape index (κ1) is 12.8. The van der Waals surface area contributed by atoms with Crippen molar-refractivity contribution in [1.82, 2.24) is 9.55 Å². The summed E-state index contributed by atoms with van der Waals surface area (Å²) in [5, 5.41) is 8.96. The highest BCUT2D eigenvalue weighted by Gasteiger charge is 2.10. The number of nitriles is 1. The zero-order valence-corrected chi connectivity index (χ0v) is 12.1. The molecule has 0 aliphatic rings. The largest absolute Gasteiger partial charge is 0.327 e. The maximum Gasteiger partial charge on any atom is 0.140 e. The molecule has 0 atom stereocenters. The van der Waals surface area contributed by atoms with Crippen LogP contribution in [0.1, 0.15) is 5.56 Å². The van der Waals surface area contributed by atoms with Crippen molar-refractivity contribution in [2.24, 2.45) is 7.05 Å². The summed E-state index contributed by atoms with van der Waals surface area (Å²) in [6.45, 7) is 0. The molecule has 0 fully saturated rings. The van der Waals surface area contributed by atoms with E-state index in [0.29, 0.717) is 5.56 Å². The molecule has 0 amide bonds. The number of imidazole rings is 1. The first-order chi connectivity index (χ1) is 9.72. The van der Waals surface area contributed by atoms with E-state index in [1.54, 1.807) is 11.8 Å². The van der Waals surface area contributed by atoms with Gasteiger partial charge in [0, 0.05) is 17.5 Å². The van der Waals surface area contributed by atoms with Gasteiger partial charge < -0.3 is 4.57 Å². The molecule has 0 saturated heterocycles. The van der Waals surface area contributed by atoms with Crippen molar-refractivity contribution in [3.05, 3.63) is 48.0 Å². The molecule has 98 valence electrons. The SMILES string of the molecule is CSc1ccc(-c2nc3cc(C#N)ccc3n2C)cc1. The third kappa shape index (κ3) is 2.06. The summed E-state index contributed by atoms with van der Waals surface area (Å²) in [4.78, 5) is 5.89. The quantitative estimate of drug-likeness (QED) is 0.669. The van der Waals surface area contributed by atoms with Crippen LogP contribution in [-0.4, -0.2) is 15.8 Å². The molecule has 2 aromatic carbocycles. The van der Waals surface area contributed by atoms with Crippen molar-refractivity contribution < 1.29 is 0 Å². The molecule has 3 rings (SSSR count). The average molecular weight is 279 g/mol. The molecule has 0 unspecified atom stereocenters. The van der Waals surface area contributed by atoms with E-state index in [1.165, 1.54) is 4.90 Å². The highest BCUT2D eigenvalue weighted by atomic mass is 32.2. The van der Waals surface area contributed by atoms with Gasteiger partial charge in [-0.1, -0.05) is 12.1 Å². The highest BCUT2D eigenvalue weighted by molar-refractivity contribution is 7.98. The molecule has 1 aromatic heterocycles. The second kappa shape index (κ2) is 5.03. The van der Waals surface area contributed by atoms with Crippen LogP contribution in [0.25, 0.3) is 22.4 Å².